The highest BCUT2D eigenvalue weighted by Crippen LogP contribution is 2.20. The first kappa shape index (κ1) is 14.8. The van der Waals surface area contributed by atoms with Gasteiger partial charge < -0.3 is 10.1 Å². The third-order valence-corrected chi connectivity index (χ3v) is 3.67. The van der Waals surface area contributed by atoms with Crippen LogP contribution < -0.4 is 5.32 Å². The van der Waals surface area contributed by atoms with Gasteiger partial charge in [0.2, 0.25) is 0 Å². The van der Waals surface area contributed by atoms with Crippen molar-refractivity contribution in [2.75, 3.05) is 7.11 Å². The van der Waals surface area contributed by atoms with Crippen molar-refractivity contribution in [1.29, 1.82) is 0 Å². The molecule has 1 amide bonds. The number of hydrogen-bond acceptors (Lipinski definition) is 3. The number of carbonyl (C=O) groups is 2. The molecule has 0 saturated carbocycles. The highest BCUT2D eigenvalue weighted by Gasteiger charge is 2.26. The summed E-state index contributed by atoms with van der Waals surface area (Å²) in [6.07, 6.45) is 4.17. The highest BCUT2D eigenvalue weighted by molar-refractivity contribution is 9.10. The van der Waals surface area contributed by atoms with Crippen LogP contribution in [0.2, 0.25) is 0 Å². The molecule has 106 valence electrons. The summed E-state index contributed by atoms with van der Waals surface area (Å²) < 4.78 is 5.57. The smallest absolute Gasteiger partial charge is 0.312 e. The Labute approximate surface area is 126 Å². The van der Waals surface area contributed by atoms with E-state index in [1.54, 1.807) is 12.1 Å². The number of methoxy groups -OCH3 is 1. The first-order chi connectivity index (χ1) is 9.49. The Hall–Kier alpha value is -1.62. The van der Waals surface area contributed by atoms with Crippen LogP contribution in [0, 0.1) is 12.8 Å². The van der Waals surface area contributed by atoms with Crippen molar-refractivity contribution in [3.63, 3.8) is 0 Å². The summed E-state index contributed by atoms with van der Waals surface area (Å²) in [5.41, 5.74) is 1.62. The molecule has 0 bridgehead atoms. The number of carbonyl (C=O) groups excluding carboxylic acids is 2. The van der Waals surface area contributed by atoms with E-state index in [2.05, 4.69) is 21.2 Å². The zero-order chi connectivity index (χ0) is 14.7. The molecule has 0 radical (unpaired) electrons. The van der Waals surface area contributed by atoms with Crippen molar-refractivity contribution < 1.29 is 14.3 Å². The molecule has 0 spiro atoms. The lowest BCUT2D eigenvalue weighted by Gasteiger charge is -2.13. The van der Waals surface area contributed by atoms with E-state index in [0.717, 1.165) is 10.0 Å². The quantitative estimate of drug-likeness (QED) is 0.681. The van der Waals surface area contributed by atoms with Crippen LogP contribution in [0.4, 0.5) is 0 Å². The minimum Gasteiger partial charge on any atom is -0.469 e. The maximum atomic E-state index is 12.2. The number of esters is 1. The fraction of sp³-hybridized carbons (Fsp3) is 0.333. The van der Waals surface area contributed by atoms with Gasteiger partial charge in [0.15, 0.2) is 0 Å². The molecule has 2 atom stereocenters. The molecule has 1 unspecified atom stereocenters. The summed E-state index contributed by atoms with van der Waals surface area (Å²) in [7, 11) is 1.37. The standard InChI is InChI=1S/C15H16BrNO3/c1-9-5-11(7-12(16)6-9)14(18)17-13-4-3-10(8-13)15(19)20-2/h3-7,10,13H,8H2,1-2H3,(H,17,18)/t10?,13-/m1/s1. The molecule has 5 heteroatoms. The van der Waals surface area contributed by atoms with Crippen LogP contribution in [-0.4, -0.2) is 25.0 Å². The molecule has 2 rings (SSSR count). The third kappa shape index (κ3) is 3.48. The minimum atomic E-state index is -0.269. The van der Waals surface area contributed by atoms with Crippen LogP contribution in [0.15, 0.2) is 34.8 Å². The second kappa shape index (κ2) is 6.22. The zero-order valence-corrected chi connectivity index (χ0v) is 12.9. The van der Waals surface area contributed by atoms with E-state index in [-0.39, 0.29) is 23.8 Å². The topological polar surface area (TPSA) is 55.4 Å². The number of benzene rings is 1. The van der Waals surface area contributed by atoms with Gasteiger partial charge in [-0.2, -0.15) is 0 Å². The fourth-order valence-corrected chi connectivity index (χ4v) is 2.86. The Balaban J connectivity index is 1.99. The number of amides is 1. The average molecular weight is 338 g/mol. The molecule has 20 heavy (non-hydrogen) atoms. The number of nitrogens with one attached hydrogen (secondary N) is 1. The van der Waals surface area contributed by atoms with Crippen molar-refractivity contribution in [2.24, 2.45) is 5.92 Å². The number of halogens is 1. The van der Waals surface area contributed by atoms with Gasteiger partial charge in [0, 0.05) is 16.1 Å². The van der Waals surface area contributed by atoms with Gasteiger partial charge in [-0.15, -0.1) is 0 Å². The lowest BCUT2D eigenvalue weighted by Crippen LogP contribution is -2.33. The number of aryl methyl sites for hydroxylation is 1. The third-order valence-electron chi connectivity index (χ3n) is 3.21. The lowest BCUT2D eigenvalue weighted by molar-refractivity contribution is -0.143. The predicted molar refractivity (Wildman–Crippen MR) is 79.4 cm³/mol. The summed E-state index contributed by atoms with van der Waals surface area (Å²) in [6.45, 7) is 1.93. The van der Waals surface area contributed by atoms with Crippen molar-refractivity contribution in [3.05, 3.63) is 46.0 Å². The SMILES string of the molecule is COC(=O)C1C=C[C@@H](NC(=O)c2cc(C)cc(Br)c2)C1. The first-order valence-electron chi connectivity index (χ1n) is 6.34. The van der Waals surface area contributed by atoms with E-state index in [1.807, 2.05) is 25.1 Å². The van der Waals surface area contributed by atoms with Crippen molar-refractivity contribution in [2.45, 2.75) is 19.4 Å². The Bertz CT molecular complexity index is 548. The summed E-state index contributed by atoms with van der Waals surface area (Å²) in [5, 5.41) is 2.90. The first-order valence-corrected chi connectivity index (χ1v) is 7.13. The molecule has 1 N–H and O–H groups in total. The summed E-state index contributed by atoms with van der Waals surface area (Å²) in [6, 6.07) is 5.42. The van der Waals surface area contributed by atoms with Gasteiger partial charge in [0.25, 0.3) is 5.91 Å². The molecule has 1 aliphatic carbocycles. The van der Waals surface area contributed by atoms with Gasteiger partial charge in [0.05, 0.1) is 13.0 Å². The molecule has 0 aliphatic heterocycles. The Morgan fingerprint density at radius 2 is 2.05 bits per heavy atom. The second-order valence-corrected chi connectivity index (χ2v) is 5.76. The summed E-state index contributed by atoms with van der Waals surface area (Å²) >= 11 is 3.38. The van der Waals surface area contributed by atoms with E-state index in [4.69, 9.17) is 4.74 Å². The van der Waals surface area contributed by atoms with E-state index in [0.29, 0.717) is 12.0 Å². The normalized spacial score (nSPS) is 20.8. The zero-order valence-electron chi connectivity index (χ0n) is 11.4. The van der Waals surface area contributed by atoms with E-state index < -0.39 is 0 Å². The lowest BCUT2D eigenvalue weighted by atomic mass is 10.1. The predicted octanol–water partition coefficient (Wildman–Crippen LogP) is 2.61. The molecule has 0 saturated heterocycles. The molecule has 1 aromatic carbocycles. The Morgan fingerprint density at radius 3 is 2.70 bits per heavy atom. The van der Waals surface area contributed by atoms with Crippen molar-refractivity contribution in [1.82, 2.24) is 5.32 Å². The fourth-order valence-electron chi connectivity index (χ4n) is 2.25. The van der Waals surface area contributed by atoms with Crippen LogP contribution in [0.25, 0.3) is 0 Å². The van der Waals surface area contributed by atoms with Crippen LogP contribution in [0.1, 0.15) is 22.3 Å². The molecule has 4 nitrogen and oxygen atoms in total. The highest BCUT2D eigenvalue weighted by atomic mass is 79.9. The van der Waals surface area contributed by atoms with Crippen LogP contribution in [0.5, 0.6) is 0 Å². The molecule has 1 aliphatic rings. The Kier molecular flexibility index (Phi) is 4.60. The molecular weight excluding hydrogens is 322 g/mol. The monoisotopic (exact) mass is 337 g/mol. The van der Waals surface area contributed by atoms with Crippen molar-refractivity contribution in [3.8, 4) is 0 Å². The van der Waals surface area contributed by atoms with Crippen LogP contribution in [0.3, 0.4) is 0 Å². The number of ether oxygens (including phenoxy) is 1. The van der Waals surface area contributed by atoms with Crippen LogP contribution >= 0.6 is 15.9 Å². The summed E-state index contributed by atoms with van der Waals surface area (Å²) in [5.74, 6) is -0.680. The maximum Gasteiger partial charge on any atom is 0.312 e. The largest absolute Gasteiger partial charge is 0.469 e. The molecule has 0 fully saturated rings. The molecule has 0 heterocycles. The van der Waals surface area contributed by atoms with Crippen molar-refractivity contribution >= 4 is 27.8 Å². The van der Waals surface area contributed by atoms with Crippen LogP contribution in [-0.2, 0) is 9.53 Å². The van der Waals surface area contributed by atoms with E-state index in [9.17, 15) is 9.59 Å². The minimum absolute atomic E-state index is 0.133. The summed E-state index contributed by atoms with van der Waals surface area (Å²) in [4.78, 5) is 23.6. The van der Waals surface area contributed by atoms with E-state index in [1.165, 1.54) is 7.11 Å². The average Bonchev–Trinajstić information content (AvgIpc) is 2.85. The second-order valence-electron chi connectivity index (χ2n) is 4.85. The Morgan fingerprint density at radius 1 is 1.30 bits per heavy atom. The number of hydrogen-bond donors (Lipinski definition) is 1. The molecule has 1 aromatic rings. The van der Waals surface area contributed by atoms with Gasteiger partial charge >= 0.3 is 5.97 Å². The molecular formula is C15H16BrNO3. The maximum absolute atomic E-state index is 12.2. The number of rotatable bonds is 3. The van der Waals surface area contributed by atoms with Gasteiger partial charge in [0.1, 0.15) is 0 Å². The van der Waals surface area contributed by atoms with Gasteiger partial charge in [-0.3, -0.25) is 9.59 Å². The van der Waals surface area contributed by atoms with E-state index >= 15 is 0 Å². The van der Waals surface area contributed by atoms with Gasteiger partial charge in [-0.05, 0) is 37.1 Å². The van der Waals surface area contributed by atoms with Gasteiger partial charge in [-0.25, -0.2) is 0 Å². The van der Waals surface area contributed by atoms with Gasteiger partial charge in [-0.1, -0.05) is 28.1 Å². The molecule has 0 aromatic heterocycles.